The monoisotopic (exact) mass is 224 g/mol. The van der Waals surface area contributed by atoms with Gasteiger partial charge < -0.3 is 9.16 Å². The summed E-state index contributed by atoms with van der Waals surface area (Å²) in [5.41, 5.74) is 0. The molecule has 3 heteroatoms. The van der Waals surface area contributed by atoms with E-state index in [1.54, 1.807) is 0 Å². The highest BCUT2D eigenvalue weighted by Gasteiger charge is 2.05. The van der Waals surface area contributed by atoms with Gasteiger partial charge in [-0.25, -0.2) is 0 Å². The van der Waals surface area contributed by atoms with Crippen molar-refractivity contribution in [2.45, 2.75) is 25.9 Å². The summed E-state index contributed by atoms with van der Waals surface area (Å²) >= 11 is 0. The van der Waals surface area contributed by atoms with Crippen molar-refractivity contribution in [1.29, 1.82) is 0 Å². The van der Waals surface area contributed by atoms with Crippen molar-refractivity contribution in [2.24, 2.45) is 0 Å². The molecular formula is C12H20O2Si. The Kier molecular flexibility index (Phi) is 6.12. The number of rotatable bonds is 7. The van der Waals surface area contributed by atoms with E-state index in [0.29, 0.717) is 6.61 Å². The van der Waals surface area contributed by atoms with Crippen molar-refractivity contribution in [3.8, 4) is 5.75 Å². The molecule has 0 radical (unpaired) electrons. The van der Waals surface area contributed by atoms with Crippen LogP contribution in [-0.2, 0) is 4.43 Å². The van der Waals surface area contributed by atoms with E-state index in [4.69, 9.17) is 9.16 Å². The minimum Gasteiger partial charge on any atom is -0.491 e. The predicted molar refractivity (Wildman–Crippen MR) is 66.0 cm³/mol. The molecule has 84 valence electrons. The molecule has 0 spiro atoms. The van der Waals surface area contributed by atoms with Gasteiger partial charge >= 0.3 is 0 Å². The lowest BCUT2D eigenvalue weighted by atomic mass is 10.3. The highest BCUT2D eigenvalue weighted by Crippen LogP contribution is 2.08. The molecule has 1 aromatic rings. The van der Waals surface area contributed by atoms with E-state index in [2.05, 4.69) is 13.8 Å². The summed E-state index contributed by atoms with van der Waals surface area (Å²) in [6, 6.07) is 12.3. The lowest BCUT2D eigenvalue weighted by Crippen LogP contribution is -2.19. The van der Waals surface area contributed by atoms with Crippen molar-refractivity contribution >= 4 is 9.04 Å². The highest BCUT2D eigenvalue weighted by molar-refractivity contribution is 6.51. The zero-order valence-corrected chi connectivity index (χ0v) is 10.8. The van der Waals surface area contributed by atoms with E-state index in [9.17, 15) is 0 Å². The molecular weight excluding hydrogens is 204 g/mol. The van der Waals surface area contributed by atoms with E-state index in [-0.39, 0.29) is 0 Å². The van der Waals surface area contributed by atoms with Crippen LogP contribution in [0.25, 0.3) is 0 Å². The maximum atomic E-state index is 5.78. The molecule has 0 heterocycles. The van der Waals surface area contributed by atoms with E-state index in [0.717, 1.165) is 12.4 Å². The molecule has 0 aliphatic carbocycles. The normalized spacial score (nSPS) is 10.6. The second-order valence-corrected chi connectivity index (χ2v) is 6.68. The van der Waals surface area contributed by atoms with Gasteiger partial charge in [-0.15, -0.1) is 0 Å². The molecule has 0 N–H and O–H groups in total. The average Bonchev–Trinajstić information content (AvgIpc) is 2.31. The second-order valence-electron chi connectivity index (χ2n) is 3.47. The van der Waals surface area contributed by atoms with Crippen LogP contribution in [0.1, 0.15) is 13.8 Å². The first-order valence-electron chi connectivity index (χ1n) is 5.66. The number of ether oxygens (including phenoxy) is 1. The van der Waals surface area contributed by atoms with Gasteiger partial charge in [0.1, 0.15) is 12.4 Å². The minimum atomic E-state index is -0.898. The topological polar surface area (TPSA) is 18.5 Å². The van der Waals surface area contributed by atoms with Crippen LogP contribution in [0.15, 0.2) is 30.3 Å². The van der Waals surface area contributed by atoms with Gasteiger partial charge in [0.25, 0.3) is 0 Å². The molecule has 0 fully saturated rings. The van der Waals surface area contributed by atoms with Crippen LogP contribution in [0, 0.1) is 0 Å². The van der Waals surface area contributed by atoms with Crippen molar-refractivity contribution in [1.82, 2.24) is 0 Å². The van der Waals surface area contributed by atoms with E-state index < -0.39 is 9.04 Å². The first-order chi connectivity index (χ1) is 7.36. The van der Waals surface area contributed by atoms with Gasteiger partial charge in [0.15, 0.2) is 9.04 Å². The Morgan fingerprint density at radius 2 is 1.67 bits per heavy atom. The fourth-order valence-corrected chi connectivity index (χ4v) is 2.89. The van der Waals surface area contributed by atoms with Gasteiger partial charge in [-0.3, -0.25) is 0 Å². The molecule has 0 bridgehead atoms. The number of benzene rings is 1. The van der Waals surface area contributed by atoms with Crippen LogP contribution in [0.5, 0.6) is 5.75 Å². The second kappa shape index (κ2) is 7.48. The van der Waals surface area contributed by atoms with Crippen LogP contribution >= 0.6 is 0 Å². The van der Waals surface area contributed by atoms with Gasteiger partial charge in [-0.2, -0.15) is 0 Å². The van der Waals surface area contributed by atoms with Crippen LogP contribution in [0.4, 0.5) is 0 Å². The van der Waals surface area contributed by atoms with E-state index in [1.807, 2.05) is 30.3 Å². The number of para-hydroxylation sites is 1. The zero-order valence-electron chi connectivity index (χ0n) is 9.61. The zero-order chi connectivity index (χ0) is 10.9. The molecule has 0 atom stereocenters. The van der Waals surface area contributed by atoms with Crippen molar-refractivity contribution in [3.05, 3.63) is 30.3 Å². The Morgan fingerprint density at radius 3 is 2.27 bits per heavy atom. The summed E-state index contributed by atoms with van der Waals surface area (Å²) in [5.74, 6) is 0.923. The maximum absolute atomic E-state index is 5.78. The third kappa shape index (κ3) is 5.00. The molecule has 0 aliphatic rings. The summed E-state index contributed by atoms with van der Waals surface area (Å²) in [6.07, 6.45) is 0. The molecule has 15 heavy (non-hydrogen) atoms. The molecule has 0 saturated heterocycles. The van der Waals surface area contributed by atoms with Crippen LogP contribution in [0.2, 0.25) is 12.1 Å². The SMILES string of the molecule is CC[SiH](CC)OCCOc1ccccc1. The molecule has 0 aliphatic heterocycles. The van der Waals surface area contributed by atoms with Crippen molar-refractivity contribution in [2.75, 3.05) is 13.2 Å². The molecule has 2 nitrogen and oxygen atoms in total. The van der Waals surface area contributed by atoms with Gasteiger partial charge in [0, 0.05) is 0 Å². The van der Waals surface area contributed by atoms with E-state index in [1.165, 1.54) is 12.1 Å². The third-order valence-corrected chi connectivity index (χ3v) is 4.89. The lowest BCUT2D eigenvalue weighted by molar-refractivity contribution is 0.216. The summed E-state index contributed by atoms with van der Waals surface area (Å²) < 4.78 is 11.3. The smallest absolute Gasteiger partial charge is 0.176 e. The fourth-order valence-electron chi connectivity index (χ4n) is 1.42. The van der Waals surface area contributed by atoms with Gasteiger partial charge in [0.2, 0.25) is 0 Å². The molecule has 0 amide bonds. The molecule has 1 aromatic carbocycles. The molecule has 0 saturated carbocycles. The Hall–Kier alpha value is -0.803. The van der Waals surface area contributed by atoms with E-state index >= 15 is 0 Å². The lowest BCUT2D eigenvalue weighted by Gasteiger charge is -2.12. The standard InChI is InChI=1S/C12H20O2Si/c1-3-15(4-2)14-11-10-13-12-8-6-5-7-9-12/h5-9,15H,3-4,10-11H2,1-2H3. The van der Waals surface area contributed by atoms with Crippen molar-refractivity contribution in [3.63, 3.8) is 0 Å². The van der Waals surface area contributed by atoms with Crippen molar-refractivity contribution < 1.29 is 9.16 Å². The van der Waals surface area contributed by atoms with Gasteiger partial charge in [0.05, 0.1) is 6.61 Å². The number of hydrogen-bond donors (Lipinski definition) is 0. The first kappa shape index (κ1) is 12.3. The maximum Gasteiger partial charge on any atom is 0.176 e. The minimum absolute atomic E-state index is 0.660. The Bertz CT molecular complexity index is 247. The summed E-state index contributed by atoms with van der Waals surface area (Å²) in [7, 11) is -0.898. The Labute approximate surface area is 93.9 Å². The number of hydrogen-bond acceptors (Lipinski definition) is 2. The Morgan fingerprint density at radius 1 is 1.00 bits per heavy atom. The quantitative estimate of drug-likeness (QED) is 0.524. The molecule has 0 unspecified atom stereocenters. The first-order valence-corrected chi connectivity index (χ1v) is 7.76. The summed E-state index contributed by atoms with van der Waals surface area (Å²) in [4.78, 5) is 0. The molecule has 0 aromatic heterocycles. The van der Waals surface area contributed by atoms with Crippen LogP contribution in [-0.4, -0.2) is 22.3 Å². The van der Waals surface area contributed by atoms with Gasteiger partial charge in [-0.05, 0) is 24.2 Å². The highest BCUT2D eigenvalue weighted by atomic mass is 28.3. The van der Waals surface area contributed by atoms with Gasteiger partial charge in [-0.1, -0.05) is 32.0 Å². The fraction of sp³-hybridized carbons (Fsp3) is 0.500. The Balaban J connectivity index is 2.12. The van der Waals surface area contributed by atoms with Crippen LogP contribution < -0.4 is 4.74 Å². The van der Waals surface area contributed by atoms with Crippen LogP contribution in [0.3, 0.4) is 0 Å². The largest absolute Gasteiger partial charge is 0.491 e. The third-order valence-electron chi connectivity index (χ3n) is 2.36. The summed E-state index contributed by atoms with van der Waals surface area (Å²) in [5, 5.41) is 0. The average molecular weight is 224 g/mol. The summed E-state index contributed by atoms with van der Waals surface area (Å²) in [6.45, 7) is 5.80. The molecule has 1 rings (SSSR count). The predicted octanol–water partition coefficient (Wildman–Crippen LogP) is 2.85.